The Kier molecular flexibility index (Phi) is 16.8. The van der Waals surface area contributed by atoms with Crippen molar-refractivity contribution in [2.45, 2.75) is 118 Å². The first kappa shape index (κ1) is 35.8. The second-order valence-electron chi connectivity index (χ2n) is 12.2. The van der Waals surface area contributed by atoms with Crippen LogP contribution in [0.4, 0.5) is 5.69 Å². The van der Waals surface area contributed by atoms with Gasteiger partial charge in [0.25, 0.3) is 0 Å². The molecule has 0 fully saturated rings. The van der Waals surface area contributed by atoms with Gasteiger partial charge in [-0.25, -0.2) is 0 Å². The Morgan fingerprint density at radius 3 is 2.07 bits per heavy atom. The quantitative estimate of drug-likeness (QED) is 0.144. The maximum Gasteiger partial charge on any atom is 0.224 e. The van der Waals surface area contributed by atoms with E-state index in [1.165, 1.54) is 81.8 Å². The molecule has 0 radical (unpaired) electrons. The van der Waals surface area contributed by atoms with Crippen molar-refractivity contribution >= 4 is 34.8 Å². The summed E-state index contributed by atoms with van der Waals surface area (Å²) in [6, 6.07) is 16.5. The molecule has 0 bridgehead atoms. The number of rotatable bonds is 19. The number of hydrogen-bond acceptors (Lipinski definition) is 3. The Morgan fingerprint density at radius 1 is 0.881 bits per heavy atom. The lowest BCUT2D eigenvalue weighted by molar-refractivity contribution is -0.116. The van der Waals surface area contributed by atoms with Crippen LogP contribution in [0.3, 0.4) is 0 Å². The number of nitrogens with zero attached hydrogens (tertiary/aromatic N) is 2. The van der Waals surface area contributed by atoms with E-state index in [-0.39, 0.29) is 28.3 Å². The third-order valence-electron chi connectivity index (χ3n) is 8.60. The van der Waals surface area contributed by atoms with Gasteiger partial charge in [0.2, 0.25) is 5.91 Å². The number of unbranched alkanes of at least 4 members (excludes halogenated alkanes) is 11. The van der Waals surface area contributed by atoms with E-state index in [2.05, 4.69) is 62.2 Å². The minimum atomic E-state index is -0.0418. The molecular formula is C37H55BrN2O2. The fraction of sp³-hybridized carbons (Fsp3) is 0.568. The summed E-state index contributed by atoms with van der Waals surface area (Å²) in [5.74, 6) is 0.948. The molecule has 0 saturated carbocycles. The van der Waals surface area contributed by atoms with Crippen LogP contribution in [-0.2, 0) is 17.8 Å². The number of para-hydroxylation sites is 1. The Bertz CT molecular complexity index is 1110. The smallest absolute Gasteiger partial charge is 0.224 e. The molecule has 0 N–H and O–H groups in total. The molecule has 2 aromatic carbocycles. The average molecular weight is 640 g/mol. The molecule has 5 heteroatoms. The van der Waals surface area contributed by atoms with E-state index in [4.69, 9.17) is 4.74 Å². The molecule has 0 aromatic heterocycles. The molecule has 3 rings (SSSR count). The topological polar surface area (TPSA) is 41.9 Å². The Morgan fingerprint density at radius 2 is 1.48 bits per heavy atom. The number of dihydropyridines is 1. The van der Waals surface area contributed by atoms with Gasteiger partial charge in [0.15, 0.2) is 0 Å². The van der Waals surface area contributed by atoms with Crippen molar-refractivity contribution in [3.8, 4) is 5.75 Å². The van der Waals surface area contributed by atoms with Crippen molar-refractivity contribution in [1.29, 1.82) is 0 Å². The summed E-state index contributed by atoms with van der Waals surface area (Å²) in [4.78, 5) is 19.2. The lowest BCUT2D eigenvalue weighted by atomic mass is 9.76. The maximum absolute atomic E-state index is 12.8. The number of amides is 1. The van der Waals surface area contributed by atoms with Gasteiger partial charge in [-0.2, -0.15) is 0 Å². The van der Waals surface area contributed by atoms with Gasteiger partial charge in [0.05, 0.1) is 13.2 Å². The van der Waals surface area contributed by atoms with Gasteiger partial charge < -0.3 is 9.64 Å². The predicted molar refractivity (Wildman–Crippen MR) is 186 cm³/mol. The van der Waals surface area contributed by atoms with Crippen LogP contribution in [0.2, 0.25) is 0 Å². The van der Waals surface area contributed by atoms with Crippen LogP contribution in [0, 0.1) is 5.41 Å². The molecule has 1 amide bonds. The third kappa shape index (κ3) is 12.1. The van der Waals surface area contributed by atoms with Crippen molar-refractivity contribution in [1.82, 2.24) is 0 Å². The largest absolute Gasteiger partial charge is 0.494 e. The summed E-state index contributed by atoms with van der Waals surface area (Å²) in [6.07, 6.45) is 21.0. The first-order chi connectivity index (χ1) is 19.9. The highest BCUT2D eigenvalue weighted by Gasteiger charge is 2.29. The van der Waals surface area contributed by atoms with Gasteiger partial charge in [-0.15, -0.1) is 17.0 Å². The van der Waals surface area contributed by atoms with Crippen LogP contribution in [0.25, 0.3) is 0 Å². The summed E-state index contributed by atoms with van der Waals surface area (Å²) in [5.41, 5.74) is 4.54. The molecule has 2 aromatic rings. The van der Waals surface area contributed by atoms with Crippen molar-refractivity contribution in [3.63, 3.8) is 0 Å². The number of aliphatic imine (C=N–C) groups is 1. The van der Waals surface area contributed by atoms with Crippen molar-refractivity contribution in [2.75, 3.05) is 18.1 Å². The van der Waals surface area contributed by atoms with Gasteiger partial charge in [0, 0.05) is 30.8 Å². The van der Waals surface area contributed by atoms with Crippen LogP contribution < -0.4 is 9.64 Å². The molecule has 1 atom stereocenters. The minimum Gasteiger partial charge on any atom is -0.494 e. The number of benzene rings is 2. The van der Waals surface area contributed by atoms with E-state index in [1.54, 1.807) is 6.92 Å². The SMILES string of the molecule is Br.CCCCCCCCCCCCCCOc1ccc(CN(C(C)=O)c2ccccc2CC2(C)CN=CC=C2C)cc1. The molecule has 1 unspecified atom stereocenters. The summed E-state index contributed by atoms with van der Waals surface area (Å²) >= 11 is 0. The number of anilines is 1. The van der Waals surface area contributed by atoms with E-state index >= 15 is 0 Å². The van der Waals surface area contributed by atoms with E-state index in [9.17, 15) is 4.79 Å². The molecule has 1 aliphatic heterocycles. The van der Waals surface area contributed by atoms with Gasteiger partial charge in [-0.3, -0.25) is 9.79 Å². The fourth-order valence-corrected chi connectivity index (χ4v) is 5.66. The highest BCUT2D eigenvalue weighted by Crippen LogP contribution is 2.36. The maximum atomic E-state index is 12.8. The average Bonchev–Trinajstić information content (AvgIpc) is 2.97. The number of hydrogen-bond donors (Lipinski definition) is 0. The molecular weight excluding hydrogens is 584 g/mol. The molecule has 42 heavy (non-hydrogen) atoms. The monoisotopic (exact) mass is 638 g/mol. The molecule has 1 heterocycles. The standard InChI is InChI=1S/C37H54N2O2.BrH/c1-5-6-7-8-9-10-11-12-13-14-15-18-27-41-35-23-21-33(22-24-35)29-39(32(3)40)36-20-17-16-19-34(36)28-37(4)30-38-26-25-31(37)2;/h16-17,19-26H,5-15,18,27-30H2,1-4H3;1H. The lowest BCUT2D eigenvalue weighted by Gasteiger charge is -2.33. The van der Waals surface area contributed by atoms with Crippen LogP contribution in [0.15, 0.2) is 65.2 Å². The van der Waals surface area contributed by atoms with Crippen LogP contribution in [-0.4, -0.2) is 25.3 Å². The van der Waals surface area contributed by atoms with E-state index in [0.717, 1.165) is 43.0 Å². The van der Waals surface area contributed by atoms with Crippen molar-refractivity contribution < 1.29 is 9.53 Å². The molecule has 0 aliphatic carbocycles. The van der Waals surface area contributed by atoms with Crippen LogP contribution in [0.1, 0.15) is 116 Å². The fourth-order valence-electron chi connectivity index (χ4n) is 5.66. The summed E-state index contributed by atoms with van der Waals surface area (Å²) in [5, 5.41) is 0. The summed E-state index contributed by atoms with van der Waals surface area (Å²) in [7, 11) is 0. The molecule has 1 aliphatic rings. The van der Waals surface area contributed by atoms with Crippen LogP contribution in [0.5, 0.6) is 5.75 Å². The van der Waals surface area contributed by atoms with Gasteiger partial charge in [-0.1, -0.05) is 120 Å². The van der Waals surface area contributed by atoms with Crippen molar-refractivity contribution in [2.24, 2.45) is 10.4 Å². The van der Waals surface area contributed by atoms with E-state index < -0.39 is 0 Å². The Balaban J connectivity index is 0.00000616. The zero-order valence-electron chi connectivity index (χ0n) is 26.7. The highest BCUT2D eigenvalue weighted by atomic mass is 79.9. The second kappa shape index (κ2) is 19.7. The Hall–Kier alpha value is -2.40. The van der Waals surface area contributed by atoms with Gasteiger partial charge >= 0.3 is 0 Å². The zero-order valence-corrected chi connectivity index (χ0v) is 28.4. The number of halogens is 1. The second-order valence-corrected chi connectivity index (χ2v) is 12.2. The first-order valence-electron chi connectivity index (χ1n) is 16.2. The lowest BCUT2D eigenvalue weighted by Crippen LogP contribution is -2.31. The van der Waals surface area contributed by atoms with E-state index in [1.807, 2.05) is 29.3 Å². The zero-order chi connectivity index (χ0) is 29.3. The number of ether oxygens (including phenoxy) is 1. The van der Waals surface area contributed by atoms with E-state index in [0.29, 0.717) is 6.54 Å². The van der Waals surface area contributed by atoms with Crippen LogP contribution >= 0.6 is 17.0 Å². The third-order valence-corrected chi connectivity index (χ3v) is 8.60. The molecule has 0 saturated heterocycles. The van der Waals surface area contributed by atoms with Gasteiger partial charge in [0.1, 0.15) is 5.75 Å². The molecule has 4 nitrogen and oxygen atoms in total. The number of allylic oxidation sites excluding steroid dienone is 1. The number of carbonyl (C=O) groups is 1. The highest BCUT2D eigenvalue weighted by molar-refractivity contribution is 8.93. The first-order valence-corrected chi connectivity index (χ1v) is 16.2. The van der Waals surface area contributed by atoms with Crippen molar-refractivity contribution in [3.05, 3.63) is 71.3 Å². The molecule has 0 spiro atoms. The Labute approximate surface area is 266 Å². The van der Waals surface area contributed by atoms with Gasteiger partial charge in [-0.05, 0) is 55.2 Å². The normalized spacial score (nSPS) is 16.0. The number of carbonyl (C=O) groups excluding carboxylic acids is 1. The predicted octanol–water partition coefficient (Wildman–Crippen LogP) is 10.5. The summed E-state index contributed by atoms with van der Waals surface area (Å²) < 4.78 is 6.02. The summed E-state index contributed by atoms with van der Waals surface area (Å²) in [6.45, 7) is 10.4. The molecule has 232 valence electrons. The minimum absolute atomic E-state index is 0.